The maximum atomic E-state index is 11.9. The Morgan fingerprint density at radius 1 is 1.14 bits per heavy atom. The number of halogens is 4. The van der Waals surface area contributed by atoms with Gasteiger partial charge < -0.3 is 9.47 Å². The molecular formula is C12H14ClF3O4S. The van der Waals surface area contributed by atoms with Gasteiger partial charge in [0.1, 0.15) is 19.0 Å². The summed E-state index contributed by atoms with van der Waals surface area (Å²) in [6.07, 6.45) is -4.37. The van der Waals surface area contributed by atoms with Crippen LogP contribution in [0.2, 0.25) is 0 Å². The third-order valence-electron chi connectivity index (χ3n) is 2.46. The fourth-order valence-corrected chi connectivity index (χ4v) is 2.57. The molecule has 0 fully saturated rings. The number of hydrogen-bond acceptors (Lipinski definition) is 4. The summed E-state index contributed by atoms with van der Waals surface area (Å²) in [7, 11) is 1.40. The van der Waals surface area contributed by atoms with E-state index in [1.807, 2.05) is 0 Å². The van der Waals surface area contributed by atoms with Crippen molar-refractivity contribution in [2.75, 3.05) is 19.8 Å². The molecule has 9 heteroatoms. The minimum atomic E-state index is -4.37. The van der Waals surface area contributed by atoms with Crippen molar-refractivity contribution in [1.82, 2.24) is 0 Å². The van der Waals surface area contributed by atoms with Crippen molar-refractivity contribution in [1.29, 1.82) is 0 Å². The molecule has 0 radical (unpaired) electrons. The van der Waals surface area contributed by atoms with Gasteiger partial charge in [0.2, 0.25) is 0 Å². The Kier molecular flexibility index (Phi) is 5.89. The molecule has 0 bridgehead atoms. The number of alkyl halides is 3. The van der Waals surface area contributed by atoms with Crippen LogP contribution in [0.1, 0.15) is 11.1 Å². The van der Waals surface area contributed by atoms with E-state index in [2.05, 4.69) is 4.74 Å². The van der Waals surface area contributed by atoms with Crippen LogP contribution in [-0.2, 0) is 13.8 Å². The molecule has 1 aromatic rings. The molecule has 0 N–H and O–H groups in total. The first-order valence-corrected chi connectivity index (χ1v) is 8.15. The van der Waals surface area contributed by atoms with E-state index in [9.17, 15) is 21.6 Å². The van der Waals surface area contributed by atoms with Crippen molar-refractivity contribution in [3.8, 4) is 5.75 Å². The summed E-state index contributed by atoms with van der Waals surface area (Å²) in [5.41, 5.74) is 1.04. The Morgan fingerprint density at radius 3 is 2.10 bits per heavy atom. The molecule has 0 atom stereocenters. The molecule has 4 nitrogen and oxygen atoms in total. The Morgan fingerprint density at radius 2 is 1.67 bits per heavy atom. The average molecular weight is 347 g/mol. The van der Waals surface area contributed by atoms with Crippen molar-refractivity contribution in [2.45, 2.75) is 24.9 Å². The second-order valence-electron chi connectivity index (χ2n) is 4.34. The highest BCUT2D eigenvalue weighted by Crippen LogP contribution is 2.28. The van der Waals surface area contributed by atoms with E-state index in [1.54, 1.807) is 13.8 Å². The molecule has 0 aliphatic carbocycles. The summed E-state index contributed by atoms with van der Waals surface area (Å²) in [5.74, 6) is 0.398. The zero-order chi connectivity index (χ0) is 16.3. The lowest BCUT2D eigenvalue weighted by Crippen LogP contribution is -2.19. The topological polar surface area (TPSA) is 52.6 Å². The number of hydrogen-bond donors (Lipinski definition) is 0. The fraction of sp³-hybridized carbons (Fsp3) is 0.500. The predicted molar refractivity (Wildman–Crippen MR) is 71.3 cm³/mol. The highest BCUT2D eigenvalue weighted by molar-refractivity contribution is 8.13. The smallest absolute Gasteiger partial charge is 0.411 e. The first-order chi connectivity index (χ1) is 9.50. The van der Waals surface area contributed by atoms with Crippen molar-refractivity contribution in [2.24, 2.45) is 0 Å². The lowest BCUT2D eigenvalue weighted by molar-refractivity contribution is -0.175. The first kappa shape index (κ1) is 18.1. The van der Waals surface area contributed by atoms with Gasteiger partial charge in [0.25, 0.3) is 9.05 Å². The first-order valence-electron chi connectivity index (χ1n) is 5.84. The monoisotopic (exact) mass is 346 g/mol. The molecule has 21 heavy (non-hydrogen) atoms. The quantitative estimate of drug-likeness (QED) is 0.586. The van der Waals surface area contributed by atoms with Gasteiger partial charge in [-0.1, -0.05) is 0 Å². The van der Waals surface area contributed by atoms with E-state index in [4.69, 9.17) is 15.4 Å². The SMILES string of the molecule is Cc1cc(S(=O)(=O)Cl)cc(C)c1OCCOCC(F)(F)F. The van der Waals surface area contributed by atoms with Gasteiger partial charge in [-0.25, -0.2) is 8.42 Å². The zero-order valence-corrected chi connectivity index (χ0v) is 12.9. The molecule has 0 spiro atoms. The molecule has 0 aliphatic heterocycles. The minimum absolute atomic E-state index is 0.0557. The number of rotatable bonds is 6. The van der Waals surface area contributed by atoms with Crippen LogP contribution in [0.4, 0.5) is 13.2 Å². The molecule has 0 aromatic heterocycles. The van der Waals surface area contributed by atoms with Crippen LogP contribution in [0.25, 0.3) is 0 Å². The van der Waals surface area contributed by atoms with Crippen molar-refractivity contribution in [3.63, 3.8) is 0 Å². The Bertz CT molecular complexity index is 576. The molecule has 0 unspecified atom stereocenters. The van der Waals surface area contributed by atoms with E-state index in [0.29, 0.717) is 16.9 Å². The molecular weight excluding hydrogens is 333 g/mol. The van der Waals surface area contributed by atoms with Crippen molar-refractivity contribution >= 4 is 19.7 Å². The van der Waals surface area contributed by atoms with Crippen molar-refractivity contribution < 1.29 is 31.1 Å². The largest absolute Gasteiger partial charge is 0.491 e. The van der Waals surface area contributed by atoms with E-state index in [-0.39, 0.29) is 18.1 Å². The van der Waals surface area contributed by atoms with E-state index >= 15 is 0 Å². The number of benzene rings is 1. The normalized spacial score (nSPS) is 12.5. The van der Waals surface area contributed by atoms with Crippen LogP contribution < -0.4 is 4.74 Å². The predicted octanol–water partition coefficient (Wildman–Crippen LogP) is 3.19. The summed E-state index contributed by atoms with van der Waals surface area (Å²) in [6.45, 7) is 1.59. The van der Waals surface area contributed by atoms with Crippen LogP contribution in [0.15, 0.2) is 17.0 Å². The van der Waals surface area contributed by atoms with Gasteiger partial charge in [-0.05, 0) is 37.1 Å². The third-order valence-corrected chi connectivity index (χ3v) is 3.79. The van der Waals surface area contributed by atoms with Gasteiger partial charge in [-0.3, -0.25) is 0 Å². The Balaban J connectivity index is 2.65. The van der Waals surface area contributed by atoms with E-state index < -0.39 is 21.8 Å². The molecule has 0 heterocycles. The summed E-state index contributed by atoms with van der Waals surface area (Å²) in [4.78, 5) is -0.0557. The third kappa shape index (κ3) is 6.11. The van der Waals surface area contributed by atoms with Gasteiger partial charge >= 0.3 is 6.18 Å². The lowest BCUT2D eigenvalue weighted by Gasteiger charge is -2.14. The molecule has 120 valence electrons. The Hall–Kier alpha value is -0.990. The van der Waals surface area contributed by atoms with Gasteiger partial charge in [0.15, 0.2) is 0 Å². The van der Waals surface area contributed by atoms with Gasteiger partial charge in [-0.15, -0.1) is 0 Å². The Labute approximate surface area is 125 Å². The second-order valence-corrected chi connectivity index (χ2v) is 6.91. The van der Waals surface area contributed by atoms with E-state index in [0.717, 1.165) is 0 Å². The van der Waals surface area contributed by atoms with Crippen LogP contribution in [0, 0.1) is 13.8 Å². The van der Waals surface area contributed by atoms with E-state index in [1.165, 1.54) is 12.1 Å². The van der Waals surface area contributed by atoms with Gasteiger partial charge in [-0.2, -0.15) is 13.2 Å². The summed E-state index contributed by atoms with van der Waals surface area (Å²) in [6, 6.07) is 2.67. The van der Waals surface area contributed by atoms with Crippen LogP contribution in [0.3, 0.4) is 0 Å². The number of aryl methyl sites for hydroxylation is 2. The summed E-state index contributed by atoms with van der Waals surface area (Å²) < 4.78 is 67.8. The average Bonchev–Trinajstić information content (AvgIpc) is 2.28. The number of ether oxygens (including phenoxy) is 2. The minimum Gasteiger partial charge on any atom is -0.491 e. The summed E-state index contributed by atoms with van der Waals surface area (Å²) in [5, 5.41) is 0. The van der Waals surface area contributed by atoms with Crippen molar-refractivity contribution in [3.05, 3.63) is 23.3 Å². The van der Waals surface area contributed by atoms with Crippen LogP contribution >= 0.6 is 10.7 Å². The maximum absolute atomic E-state index is 11.9. The highest BCUT2D eigenvalue weighted by atomic mass is 35.7. The second kappa shape index (κ2) is 6.85. The zero-order valence-electron chi connectivity index (χ0n) is 11.3. The molecule has 1 aromatic carbocycles. The standard InChI is InChI=1S/C12H14ClF3O4S/c1-8-5-10(21(13,17)18)6-9(2)11(8)20-4-3-19-7-12(14,15)16/h5-6H,3-4,7H2,1-2H3. The van der Waals surface area contributed by atoms with Crippen LogP contribution in [-0.4, -0.2) is 34.4 Å². The lowest BCUT2D eigenvalue weighted by atomic mass is 10.1. The van der Waals surface area contributed by atoms with Gasteiger partial charge in [0.05, 0.1) is 11.5 Å². The molecule has 0 aliphatic rings. The maximum Gasteiger partial charge on any atom is 0.411 e. The molecule has 0 saturated heterocycles. The fourth-order valence-electron chi connectivity index (χ4n) is 1.67. The molecule has 1 rings (SSSR count). The molecule has 0 saturated carbocycles. The summed E-state index contributed by atoms with van der Waals surface area (Å²) >= 11 is 0. The van der Waals surface area contributed by atoms with Crippen LogP contribution in [0.5, 0.6) is 5.75 Å². The van der Waals surface area contributed by atoms with Gasteiger partial charge in [0, 0.05) is 10.7 Å². The molecule has 0 amide bonds. The highest BCUT2D eigenvalue weighted by Gasteiger charge is 2.27.